The molecule has 0 radical (unpaired) electrons. The zero-order valence-corrected chi connectivity index (χ0v) is 15.7. The number of aryl methyl sites for hydroxylation is 1. The van der Waals surface area contributed by atoms with Crippen molar-refractivity contribution in [2.45, 2.75) is 38.3 Å². The lowest BCUT2D eigenvalue weighted by Crippen LogP contribution is -2.52. The molecule has 134 valence electrons. The Kier molecular flexibility index (Phi) is 5.15. The van der Waals surface area contributed by atoms with E-state index in [0.29, 0.717) is 11.7 Å². The average Bonchev–Trinajstić information content (AvgIpc) is 2.86. The predicted molar refractivity (Wildman–Crippen MR) is 102 cm³/mol. The molecule has 1 amide bonds. The molecular formula is C20H21ClN4O. The molecule has 0 spiro atoms. The van der Waals surface area contributed by atoms with Crippen LogP contribution in [0.5, 0.6) is 0 Å². The molecular weight excluding hydrogens is 348 g/mol. The maximum atomic E-state index is 12.5. The molecule has 0 aliphatic heterocycles. The number of likely N-dealkylation sites (N-methyl/N-ethyl adjacent to an activating group) is 1. The number of hydrogen-bond donors (Lipinski definition) is 0. The molecule has 5 nitrogen and oxygen atoms in total. The van der Waals surface area contributed by atoms with Crippen LogP contribution in [0, 0.1) is 18.3 Å². The number of carbonyl (C=O) groups is 1. The van der Waals surface area contributed by atoms with Crippen LogP contribution < -0.4 is 0 Å². The molecule has 6 heteroatoms. The number of amides is 1. The highest BCUT2D eigenvalue weighted by molar-refractivity contribution is 6.31. The SMILES string of the molecule is Cc1nn(Cc2ccccc2)c(Cl)c1/C=C/C(=O)N(C)C1(C#N)CCC1. The molecule has 3 rings (SSSR count). The lowest BCUT2D eigenvalue weighted by molar-refractivity contribution is -0.130. The third-order valence-corrected chi connectivity index (χ3v) is 5.44. The van der Waals surface area contributed by atoms with E-state index in [0.717, 1.165) is 36.1 Å². The Labute approximate surface area is 158 Å². The second-order valence-corrected chi connectivity index (χ2v) is 7.02. The summed E-state index contributed by atoms with van der Waals surface area (Å²) < 4.78 is 1.72. The minimum atomic E-state index is -0.655. The third-order valence-electron chi connectivity index (χ3n) is 5.04. The number of rotatable bonds is 5. The molecule has 0 bridgehead atoms. The molecule has 1 aromatic heterocycles. The molecule has 1 fully saturated rings. The van der Waals surface area contributed by atoms with Gasteiger partial charge in [0.2, 0.25) is 5.91 Å². The predicted octanol–water partition coefficient (Wildman–Crippen LogP) is 3.81. The second kappa shape index (κ2) is 7.35. The van der Waals surface area contributed by atoms with Gasteiger partial charge >= 0.3 is 0 Å². The van der Waals surface area contributed by atoms with Crippen LogP contribution in [0.1, 0.15) is 36.1 Å². The molecule has 0 N–H and O–H groups in total. The first kappa shape index (κ1) is 18.2. The highest BCUT2D eigenvalue weighted by atomic mass is 35.5. The van der Waals surface area contributed by atoms with Crippen molar-refractivity contribution in [3.63, 3.8) is 0 Å². The van der Waals surface area contributed by atoms with E-state index in [-0.39, 0.29) is 5.91 Å². The molecule has 2 aromatic rings. The van der Waals surface area contributed by atoms with Crippen LogP contribution in [0.25, 0.3) is 6.08 Å². The van der Waals surface area contributed by atoms with Gasteiger partial charge in [-0.15, -0.1) is 0 Å². The monoisotopic (exact) mass is 368 g/mol. The van der Waals surface area contributed by atoms with E-state index >= 15 is 0 Å². The van der Waals surface area contributed by atoms with Gasteiger partial charge in [-0.25, -0.2) is 4.68 Å². The summed E-state index contributed by atoms with van der Waals surface area (Å²) in [5.41, 5.74) is 1.93. The van der Waals surface area contributed by atoms with E-state index in [1.807, 2.05) is 37.3 Å². The van der Waals surface area contributed by atoms with Gasteiger partial charge in [-0.3, -0.25) is 4.79 Å². The minimum Gasteiger partial charge on any atom is -0.323 e. The first-order valence-electron chi connectivity index (χ1n) is 8.61. The smallest absolute Gasteiger partial charge is 0.247 e. The van der Waals surface area contributed by atoms with Crippen LogP contribution in [-0.2, 0) is 11.3 Å². The number of nitriles is 1. The Balaban J connectivity index is 1.76. The maximum Gasteiger partial charge on any atom is 0.247 e. The molecule has 0 atom stereocenters. The lowest BCUT2D eigenvalue weighted by atomic mass is 9.76. The number of nitrogens with zero attached hydrogens (tertiary/aromatic N) is 4. The summed E-state index contributed by atoms with van der Waals surface area (Å²) in [5.74, 6) is -0.197. The first-order valence-corrected chi connectivity index (χ1v) is 8.98. The molecule has 1 aliphatic rings. The van der Waals surface area contributed by atoms with Crippen molar-refractivity contribution in [2.75, 3.05) is 7.05 Å². The second-order valence-electron chi connectivity index (χ2n) is 6.66. The van der Waals surface area contributed by atoms with Crippen LogP contribution in [-0.4, -0.2) is 33.2 Å². The van der Waals surface area contributed by atoms with E-state index in [4.69, 9.17) is 11.6 Å². The van der Waals surface area contributed by atoms with Crippen molar-refractivity contribution in [1.82, 2.24) is 14.7 Å². The zero-order chi connectivity index (χ0) is 18.7. The van der Waals surface area contributed by atoms with Gasteiger partial charge in [-0.05, 0) is 37.8 Å². The Hall–Kier alpha value is -2.58. The normalized spacial score (nSPS) is 15.5. The van der Waals surface area contributed by atoms with E-state index in [1.54, 1.807) is 17.8 Å². The maximum absolute atomic E-state index is 12.5. The molecule has 1 aromatic carbocycles. The Bertz CT molecular complexity index is 875. The first-order chi connectivity index (χ1) is 12.5. The largest absolute Gasteiger partial charge is 0.323 e. The van der Waals surface area contributed by atoms with Crippen molar-refractivity contribution in [2.24, 2.45) is 0 Å². The van der Waals surface area contributed by atoms with Gasteiger partial charge in [0.1, 0.15) is 10.7 Å². The summed E-state index contributed by atoms with van der Waals surface area (Å²) in [6.45, 7) is 2.43. The Morgan fingerprint density at radius 2 is 2.12 bits per heavy atom. The molecule has 1 aliphatic carbocycles. The number of hydrogen-bond acceptors (Lipinski definition) is 3. The Morgan fingerprint density at radius 3 is 2.69 bits per heavy atom. The summed E-state index contributed by atoms with van der Waals surface area (Å²) in [4.78, 5) is 14.0. The summed E-state index contributed by atoms with van der Waals surface area (Å²) in [6, 6.07) is 12.2. The van der Waals surface area contributed by atoms with Crippen LogP contribution in [0.15, 0.2) is 36.4 Å². The molecule has 0 saturated heterocycles. The van der Waals surface area contributed by atoms with Gasteiger partial charge in [0.05, 0.1) is 18.3 Å². The van der Waals surface area contributed by atoms with Crippen molar-refractivity contribution in [1.29, 1.82) is 5.26 Å². The van der Waals surface area contributed by atoms with Crippen LogP contribution in [0.2, 0.25) is 5.15 Å². The molecule has 1 saturated carbocycles. The number of carbonyl (C=O) groups excluding carboxylic acids is 1. The summed E-state index contributed by atoms with van der Waals surface area (Å²) >= 11 is 6.47. The lowest BCUT2D eigenvalue weighted by Gasteiger charge is -2.42. The van der Waals surface area contributed by atoms with Gasteiger partial charge in [0, 0.05) is 18.7 Å². The minimum absolute atomic E-state index is 0.197. The Morgan fingerprint density at radius 1 is 1.42 bits per heavy atom. The fraction of sp³-hybridized carbons (Fsp3) is 0.350. The molecule has 0 unspecified atom stereocenters. The molecule has 26 heavy (non-hydrogen) atoms. The van der Waals surface area contributed by atoms with Gasteiger partial charge in [-0.1, -0.05) is 41.9 Å². The third kappa shape index (κ3) is 3.38. The van der Waals surface area contributed by atoms with Gasteiger partial charge < -0.3 is 4.90 Å². The highest BCUT2D eigenvalue weighted by Gasteiger charge is 2.42. The van der Waals surface area contributed by atoms with Crippen LogP contribution in [0.3, 0.4) is 0 Å². The average molecular weight is 369 g/mol. The van der Waals surface area contributed by atoms with Crippen molar-refractivity contribution >= 4 is 23.6 Å². The fourth-order valence-corrected chi connectivity index (χ4v) is 3.43. The van der Waals surface area contributed by atoms with E-state index in [1.165, 1.54) is 11.0 Å². The zero-order valence-electron chi connectivity index (χ0n) is 14.9. The standard InChI is InChI=1S/C20H21ClN4O/c1-15-17(9-10-18(26)24(2)20(14-22)11-6-12-20)19(21)25(23-15)13-16-7-4-3-5-8-16/h3-5,7-10H,6,11-13H2,1-2H3/b10-9+. The van der Waals surface area contributed by atoms with Crippen molar-refractivity contribution < 1.29 is 4.79 Å². The summed E-state index contributed by atoms with van der Waals surface area (Å²) in [6.07, 6.45) is 5.60. The highest BCUT2D eigenvalue weighted by Crippen LogP contribution is 2.36. The fourth-order valence-electron chi connectivity index (χ4n) is 3.13. The van der Waals surface area contributed by atoms with E-state index < -0.39 is 5.54 Å². The van der Waals surface area contributed by atoms with Gasteiger partial charge in [0.15, 0.2) is 0 Å². The van der Waals surface area contributed by atoms with Gasteiger partial charge in [-0.2, -0.15) is 10.4 Å². The van der Waals surface area contributed by atoms with E-state index in [9.17, 15) is 10.1 Å². The van der Waals surface area contributed by atoms with Crippen LogP contribution in [0.4, 0.5) is 0 Å². The van der Waals surface area contributed by atoms with E-state index in [2.05, 4.69) is 11.2 Å². The number of aromatic nitrogens is 2. The molecule has 1 heterocycles. The van der Waals surface area contributed by atoms with Crippen LogP contribution >= 0.6 is 11.6 Å². The summed E-state index contributed by atoms with van der Waals surface area (Å²) in [5, 5.41) is 14.3. The summed E-state index contributed by atoms with van der Waals surface area (Å²) in [7, 11) is 1.68. The van der Waals surface area contributed by atoms with Gasteiger partial charge in [0.25, 0.3) is 0 Å². The van der Waals surface area contributed by atoms with Crippen molar-refractivity contribution in [3.8, 4) is 6.07 Å². The number of benzene rings is 1. The van der Waals surface area contributed by atoms with Crippen molar-refractivity contribution in [3.05, 3.63) is 58.4 Å². The quantitative estimate of drug-likeness (QED) is 0.754. The number of halogens is 1. The topological polar surface area (TPSA) is 61.9 Å².